The summed E-state index contributed by atoms with van der Waals surface area (Å²) in [6.45, 7) is 0.610. The summed E-state index contributed by atoms with van der Waals surface area (Å²) in [6.07, 6.45) is 1.45. The van der Waals surface area contributed by atoms with E-state index in [2.05, 4.69) is 26.2 Å². The first-order valence-corrected chi connectivity index (χ1v) is 8.21. The standard InChI is InChI=1S/C18H18N6O3/c1-27-16-7-5-13(6-8-16)17(25)19-9-10-20-18(26)14-3-2-4-15(11-14)24-12-21-22-23-24/h2-8,11-12H,9-10H2,1H3,(H,19,25)(H,20,26). The van der Waals surface area contributed by atoms with Crippen molar-refractivity contribution in [3.63, 3.8) is 0 Å². The van der Waals surface area contributed by atoms with Crippen molar-refractivity contribution in [3.05, 3.63) is 66.0 Å². The highest BCUT2D eigenvalue weighted by Crippen LogP contribution is 2.11. The van der Waals surface area contributed by atoms with Crippen LogP contribution in [0.4, 0.5) is 0 Å². The van der Waals surface area contributed by atoms with Crippen LogP contribution < -0.4 is 15.4 Å². The number of ether oxygens (including phenoxy) is 1. The normalized spacial score (nSPS) is 10.3. The molecule has 1 heterocycles. The van der Waals surface area contributed by atoms with Crippen LogP contribution in [0, 0.1) is 0 Å². The Labute approximate surface area is 155 Å². The van der Waals surface area contributed by atoms with Gasteiger partial charge in [-0.3, -0.25) is 9.59 Å². The third-order valence-corrected chi connectivity index (χ3v) is 3.77. The fourth-order valence-corrected chi connectivity index (χ4v) is 2.37. The Morgan fingerprint density at radius 2 is 1.70 bits per heavy atom. The Balaban J connectivity index is 1.48. The molecule has 2 aromatic carbocycles. The summed E-state index contributed by atoms with van der Waals surface area (Å²) < 4.78 is 6.52. The van der Waals surface area contributed by atoms with Crippen LogP contribution in [0.3, 0.4) is 0 Å². The maximum absolute atomic E-state index is 12.3. The molecule has 1 aromatic heterocycles. The molecule has 2 amide bonds. The molecule has 0 aliphatic carbocycles. The predicted molar refractivity (Wildman–Crippen MR) is 96.8 cm³/mol. The molecule has 3 aromatic rings. The quantitative estimate of drug-likeness (QED) is 0.599. The number of benzene rings is 2. The van der Waals surface area contributed by atoms with Crippen molar-refractivity contribution in [1.82, 2.24) is 30.8 Å². The zero-order valence-corrected chi connectivity index (χ0v) is 14.6. The molecule has 2 N–H and O–H groups in total. The van der Waals surface area contributed by atoms with Crippen molar-refractivity contribution in [3.8, 4) is 11.4 Å². The van der Waals surface area contributed by atoms with Crippen molar-refractivity contribution in [2.45, 2.75) is 0 Å². The van der Waals surface area contributed by atoms with Crippen molar-refractivity contribution in [2.24, 2.45) is 0 Å². The zero-order chi connectivity index (χ0) is 19.1. The minimum Gasteiger partial charge on any atom is -0.497 e. The molecule has 9 nitrogen and oxygen atoms in total. The van der Waals surface area contributed by atoms with Crippen LogP contribution in [0.2, 0.25) is 0 Å². The molecule has 0 bridgehead atoms. The smallest absolute Gasteiger partial charge is 0.251 e. The van der Waals surface area contributed by atoms with Gasteiger partial charge in [-0.05, 0) is 52.9 Å². The Hall–Kier alpha value is -3.75. The van der Waals surface area contributed by atoms with Gasteiger partial charge >= 0.3 is 0 Å². The van der Waals surface area contributed by atoms with Gasteiger partial charge in [0.25, 0.3) is 11.8 Å². The fraction of sp³-hybridized carbons (Fsp3) is 0.167. The molecule has 0 aliphatic rings. The summed E-state index contributed by atoms with van der Waals surface area (Å²) in [5, 5.41) is 16.4. The lowest BCUT2D eigenvalue weighted by atomic mass is 10.2. The van der Waals surface area contributed by atoms with Crippen molar-refractivity contribution in [1.29, 1.82) is 0 Å². The molecule has 0 saturated carbocycles. The lowest BCUT2D eigenvalue weighted by Gasteiger charge is -2.08. The largest absolute Gasteiger partial charge is 0.497 e. The van der Waals surface area contributed by atoms with E-state index < -0.39 is 0 Å². The van der Waals surface area contributed by atoms with Crippen LogP contribution in [0.5, 0.6) is 5.75 Å². The fourth-order valence-electron chi connectivity index (χ4n) is 2.37. The van der Waals surface area contributed by atoms with Gasteiger partial charge in [0.1, 0.15) is 12.1 Å². The van der Waals surface area contributed by atoms with E-state index in [0.29, 0.717) is 35.7 Å². The van der Waals surface area contributed by atoms with E-state index in [4.69, 9.17) is 4.74 Å². The van der Waals surface area contributed by atoms with E-state index in [0.717, 1.165) is 0 Å². The minimum absolute atomic E-state index is 0.215. The van der Waals surface area contributed by atoms with Crippen LogP contribution in [-0.4, -0.2) is 52.2 Å². The van der Waals surface area contributed by atoms with Crippen molar-refractivity contribution in [2.75, 3.05) is 20.2 Å². The Morgan fingerprint density at radius 1 is 1.00 bits per heavy atom. The predicted octanol–water partition coefficient (Wildman–Crippen LogP) is 0.831. The second-order valence-electron chi connectivity index (χ2n) is 5.55. The number of nitrogens with zero attached hydrogens (tertiary/aromatic N) is 4. The van der Waals surface area contributed by atoms with E-state index in [1.807, 2.05) is 0 Å². The summed E-state index contributed by atoms with van der Waals surface area (Å²) in [4.78, 5) is 24.3. The highest BCUT2D eigenvalue weighted by atomic mass is 16.5. The molecule has 9 heteroatoms. The second-order valence-corrected chi connectivity index (χ2v) is 5.55. The summed E-state index contributed by atoms with van der Waals surface area (Å²) in [7, 11) is 1.57. The van der Waals surface area contributed by atoms with E-state index in [-0.39, 0.29) is 11.8 Å². The molecular weight excluding hydrogens is 348 g/mol. The van der Waals surface area contributed by atoms with E-state index in [9.17, 15) is 9.59 Å². The Morgan fingerprint density at radius 3 is 2.33 bits per heavy atom. The van der Waals surface area contributed by atoms with Gasteiger partial charge in [-0.25, -0.2) is 4.68 Å². The first-order chi connectivity index (χ1) is 13.2. The number of hydrogen-bond acceptors (Lipinski definition) is 6. The molecule has 0 spiro atoms. The van der Waals surface area contributed by atoms with Gasteiger partial charge in [0.05, 0.1) is 12.8 Å². The second kappa shape index (κ2) is 8.56. The average Bonchev–Trinajstić information content (AvgIpc) is 3.26. The van der Waals surface area contributed by atoms with Crippen molar-refractivity contribution >= 4 is 11.8 Å². The molecule has 0 unspecified atom stereocenters. The topological polar surface area (TPSA) is 111 Å². The highest BCUT2D eigenvalue weighted by Gasteiger charge is 2.08. The summed E-state index contributed by atoms with van der Waals surface area (Å²) in [5.41, 5.74) is 1.68. The molecule has 0 saturated heterocycles. The zero-order valence-electron chi connectivity index (χ0n) is 14.6. The van der Waals surface area contributed by atoms with Gasteiger partial charge in [-0.15, -0.1) is 5.10 Å². The third-order valence-electron chi connectivity index (χ3n) is 3.77. The first-order valence-electron chi connectivity index (χ1n) is 8.21. The number of hydrogen-bond donors (Lipinski definition) is 2. The van der Waals surface area contributed by atoms with Crippen LogP contribution in [0.15, 0.2) is 54.9 Å². The SMILES string of the molecule is COc1ccc(C(=O)NCCNC(=O)c2cccc(-n3cnnn3)c2)cc1. The summed E-state index contributed by atoms with van der Waals surface area (Å²) in [6, 6.07) is 13.7. The van der Waals surface area contributed by atoms with Crippen LogP contribution in [-0.2, 0) is 0 Å². The molecule has 27 heavy (non-hydrogen) atoms. The highest BCUT2D eigenvalue weighted by molar-refractivity contribution is 5.95. The molecule has 0 fully saturated rings. The molecule has 0 aliphatic heterocycles. The maximum atomic E-state index is 12.3. The summed E-state index contributed by atoms with van der Waals surface area (Å²) in [5.74, 6) is 0.221. The van der Waals surface area contributed by atoms with Crippen LogP contribution in [0.25, 0.3) is 5.69 Å². The van der Waals surface area contributed by atoms with Crippen molar-refractivity contribution < 1.29 is 14.3 Å². The minimum atomic E-state index is -0.247. The number of tetrazole rings is 1. The molecule has 0 atom stereocenters. The lowest BCUT2D eigenvalue weighted by molar-refractivity contribution is 0.0927. The summed E-state index contributed by atoms with van der Waals surface area (Å²) >= 11 is 0. The van der Waals surface area contributed by atoms with Gasteiger partial charge in [-0.1, -0.05) is 6.07 Å². The Bertz CT molecular complexity index is 909. The number of rotatable bonds is 7. The Kier molecular flexibility index (Phi) is 5.73. The molecule has 0 radical (unpaired) electrons. The average molecular weight is 366 g/mol. The van der Waals surface area contributed by atoms with E-state index >= 15 is 0 Å². The number of nitrogens with one attached hydrogen (secondary N) is 2. The lowest BCUT2D eigenvalue weighted by Crippen LogP contribution is -2.34. The first kappa shape index (κ1) is 18.1. The maximum Gasteiger partial charge on any atom is 0.251 e. The van der Waals surface area contributed by atoms with E-state index in [1.165, 1.54) is 11.0 Å². The monoisotopic (exact) mass is 366 g/mol. The van der Waals surface area contributed by atoms with Gasteiger partial charge < -0.3 is 15.4 Å². The number of amides is 2. The number of aromatic nitrogens is 4. The molecule has 3 rings (SSSR count). The number of carbonyl (C=O) groups is 2. The number of methoxy groups -OCH3 is 1. The third kappa shape index (κ3) is 4.66. The van der Waals surface area contributed by atoms with E-state index in [1.54, 1.807) is 55.6 Å². The molecule has 138 valence electrons. The van der Waals surface area contributed by atoms with Crippen LogP contribution >= 0.6 is 0 Å². The van der Waals surface area contributed by atoms with Gasteiger partial charge in [0, 0.05) is 24.2 Å². The molecular formula is C18H18N6O3. The van der Waals surface area contributed by atoms with Gasteiger partial charge in [0.2, 0.25) is 0 Å². The van der Waals surface area contributed by atoms with Crippen LogP contribution in [0.1, 0.15) is 20.7 Å². The van der Waals surface area contributed by atoms with Gasteiger partial charge in [0.15, 0.2) is 0 Å². The van der Waals surface area contributed by atoms with Gasteiger partial charge in [-0.2, -0.15) is 0 Å². The number of carbonyl (C=O) groups excluding carboxylic acids is 2.